The van der Waals surface area contributed by atoms with Crippen molar-refractivity contribution in [2.45, 2.75) is 24.2 Å². The first kappa shape index (κ1) is 20.3. The van der Waals surface area contributed by atoms with Crippen molar-refractivity contribution in [1.29, 1.82) is 0 Å². The van der Waals surface area contributed by atoms with Gasteiger partial charge in [0.25, 0.3) is 0 Å². The molecule has 0 saturated heterocycles. The zero-order valence-corrected chi connectivity index (χ0v) is 20.6. The first-order valence-electron chi connectivity index (χ1n) is 11.6. The molecule has 3 heteroatoms. The molecule has 0 aliphatic heterocycles. The van der Waals surface area contributed by atoms with E-state index in [-0.39, 0.29) is 0 Å². The molecule has 4 aromatic rings. The molecule has 0 N–H and O–H groups in total. The number of ether oxygens (including phenoxy) is 2. The lowest BCUT2D eigenvalue weighted by Gasteiger charge is -2.38. The zero-order valence-electron chi connectivity index (χ0n) is 19.6. The summed E-state index contributed by atoms with van der Waals surface area (Å²) in [5, 5.41) is 0. The summed E-state index contributed by atoms with van der Waals surface area (Å²) in [5.74, 6) is 1.95. The molecule has 0 aromatic heterocycles. The van der Waals surface area contributed by atoms with E-state index < -0.39 is 8.07 Å². The summed E-state index contributed by atoms with van der Waals surface area (Å²) >= 11 is 0. The van der Waals surface area contributed by atoms with Crippen molar-refractivity contribution in [1.82, 2.24) is 0 Å². The van der Waals surface area contributed by atoms with Crippen LogP contribution in [0.15, 0.2) is 84.9 Å². The molecule has 2 nitrogen and oxygen atoms in total. The van der Waals surface area contributed by atoms with Gasteiger partial charge in [-0.15, -0.1) is 0 Å². The maximum atomic E-state index is 5.84. The van der Waals surface area contributed by atoms with Gasteiger partial charge in [0.15, 0.2) is 0 Å². The number of methoxy groups -OCH3 is 2. The molecular formula is C30H28O2Si. The maximum absolute atomic E-state index is 5.84. The summed E-state index contributed by atoms with van der Waals surface area (Å²) in [6.45, 7) is 5.14. The Kier molecular flexibility index (Phi) is 4.53. The monoisotopic (exact) mass is 448 g/mol. The molecular weight excluding hydrogens is 420 g/mol. The van der Waals surface area contributed by atoms with Gasteiger partial charge in [-0.3, -0.25) is 0 Å². The lowest BCUT2D eigenvalue weighted by atomic mass is 10.1. The van der Waals surface area contributed by atoms with Crippen LogP contribution < -0.4 is 9.47 Å². The summed E-state index contributed by atoms with van der Waals surface area (Å²) in [6, 6.07) is 31.0. The molecule has 2 atom stereocenters. The fourth-order valence-electron chi connectivity index (χ4n) is 6.55. The molecule has 0 bridgehead atoms. The number of fused-ring (bicyclic) bond motifs is 6. The van der Waals surface area contributed by atoms with Gasteiger partial charge in [0, 0.05) is 22.2 Å². The number of hydrogen-bond donors (Lipinski definition) is 0. The Bertz CT molecular complexity index is 1280. The van der Waals surface area contributed by atoms with Crippen LogP contribution in [-0.2, 0) is 0 Å². The van der Waals surface area contributed by atoms with Crippen LogP contribution in [-0.4, -0.2) is 22.3 Å². The summed E-state index contributed by atoms with van der Waals surface area (Å²) in [7, 11) is 1.54. The van der Waals surface area contributed by atoms with Crippen LogP contribution in [0, 0.1) is 0 Å². The summed E-state index contributed by atoms with van der Waals surface area (Å²) in [6.07, 6.45) is 0. The molecule has 0 fully saturated rings. The van der Waals surface area contributed by atoms with Crippen molar-refractivity contribution in [3.63, 3.8) is 0 Å². The van der Waals surface area contributed by atoms with Crippen LogP contribution in [0.1, 0.15) is 33.3 Å². The van der Waals surface area contributed by atoms with Crippen molar-refractivity contribution in [3.05, 3.63) is 107 Å². The average Bonchev–Trinajstić information content (AvgIpc) is 3.38. The van der Waals surface area contributed by atoms with E-state index in [1.54, 1.807) is 14.2 Å². The normalized spacial score (nSPS) is 17.7. The molecule has 0 spiro atoms. The third-order valence-corrected chi connectivity index (χ3v) is 12.0. The molecule has 0 saturated carbocycles. The molecule has 4 aromatic carbocycles. The standard InChI is InChI=1S/C30H28O2Si/c1-31-25-17-9-15-23-27(25)19-11-5-7-13-21(19)29(23)33(3,4)30-22-14-8-6-12-20(22)28-24(30)16-10-18-26(28)32-2/h5-18,29-30H,1-4H3. The molecule has 2 unspecified atom stereocenters. The number of hydrogen-bond acceptors (Lipinski definition) is 2. The maximum Gasteiger partial charge on any atom is 0.126 e. The average molecular weight is 449 g/mol. The molecule has 6 rings (SSSR count). The van der Waals surface area contributed by atoms with Crippen LogP contribution in [0.25, 0.3) is 22.3 Å². The van der Waals surface area contributed by atoms with E-state index in [0.717, 1.165) is 11.5 Å². The fraction of sp³-hybridized carbons (Fsp3) is 0.200. The topological polar surface area (TPSA) is 18.5 Å². The van der Waals surface area contributed by atoms with E-state index in [2.05, 4.69) is 98.0 Å². The minimum absolute atomic E-state index is 0.383. The highest BCUT2D eigenvalue weighted by molar-refractivity contribution is 6.82. The van der Waals surface area contributed by atoms with Crippen LogP contribution in [0.3, 0.4) is 0 Å². The zero-order chi connectivity index (χ0) is 22.7. The molecule has 0 heterocycles. The van der Waals surface area contributed by atoms with Crippen molar-refractivity contribution >= 4 is 8.07 Å². The van der Waals surface area contributed by atoms with Gasteiger partial charge in [0.05, 0.1) is 22.3 Å². The van der Waals surface area contributed by atoms with Crippen LogP contribution in [0.4, 0.5) is 0 Å². The second-order valence-corrected chi connectivity index (χ2v) is 14.5. The summed E-state index contributed by atoms with van der Waals surface area (Å²) in [5.41, 5.74) is 11.7. The Morgan fingerprint density at radius 1 is 0.515 bits per heavy atom. The predicted octanol–water partition coefficient (Wildman–Crippen LogP) is 7.42. The molecule has 2 aliphatic rings. The second-order valence-electron chi connectivity index (χ2n) is 9.71. The highest BCUT2D eigenvalue weighted by Gasteiger charge is 2.50. The quantitative estimate of drug-likeness (QED) is 0.303. The smallest absolute Gasteiger partial charge is 0.126 e. The van der Waals surface area contributed by atoms with Gasteiger partial charge in [-0.2, -0.15) is 0 Å². The minimum atomic E-state index is -2.02. The van der Waals surface area contributed by atoms with Crippen molar-refractivity contribution < 1.29 is 9.47 Å². The largest absolute Gasteiger partial charge is 0.496 e. The Labute approximate surface area is 196 Å². The van der Waals surface area contributed by atoms with Crippen LogP contribution >= 0.6 is 0 Å². The van der Waals surface area contributed by atoms with E-state index in [1.807, 2.05) is 0 Å². The van der Waals surface area contributed by atoms with Crippen molar-refractivity contribution in [2.75, 3.05) is 14.2 Å². The molecule has 33 heavy (non-hydrogen) atoms. The summed E-state index contributed by atoms with van der Waals surface area (Å²) < 4.78 is 11.7. The lowest BCUT2D eigenvalue weighted by Crippen LogP contribution is -2.42. The Morgan fingerprint density at radius 3 is 1.33 bits per heavy atom. The highest BCUT2D eigenvalue weighted by Crippen LogP contribution is 2.59. The molecule has 164 valence electrons. The van der Waals surface area contributed by atoms with Gasteiger partial charge in [-0.05, 0) is 45.5 Å². The molecule has 0 radical (unpaired) electrons. The predicted molar refractivity (Wildman–Crippen MR) is 138 cm³/mol. The first-order chi connectivity index (χ1) is 16.1. The van der Waals surface area contributed by atoms with Crippen molar-refractivity contribution in [3.8, 4) is 33.8 Å². The van der Waals surface area contributed by atoms with Crippen LogP contribution in [0.5, 0.6) is 11.5 Å². The Balaban J connectivity index is 1.62. The van der Waals surface area contributed by atoms with E-state index in [4.69, 9.17) is 9.47 Å². The summed E-state index contributed by atoms with van der Waals surface area (Å²) in [4.78, 5) is 0. The van der Waals surface area contributed by atoms with Gasteiger partial charge in [0.2, 0.25) is 0 Å². The SMILES string of the molecule is COc1cccc2c1-c1ccccc1C2[Si](C)(C)C1c2ccccc2-c2c(OC)cccc21. The van der Waals surface area contributed by atoms with Gasteiger partial charge in [0.1, 0.15) is 11.5 Å². The van der Waals surface area contributed by atoms with E-state index >= 15 is 0 Å². The minimum Gasteiger partial charge on any atom is -0.496 e. The highest BCUT2D eigenvalue weighted by atomic mass is 28.3. The van der Waals surface area contributed by atoms with E-state index in [1.165, 1.54) is 44.5 Å². The van der Waals surface area contributed by atoms with Crippen molar-refractivity contribution in [2.24, 2.45) is 0 Å². The third kappa shape index (κ3) is 2.72. The van der Waals surface area contributed by atoms with Gasteiger partial charge in [-0.1, -0.05) is 85.9 Å². The van der Waals surface area contributed by atoms with E-state index in [0.29, 0.717) is 11.1 Å². The second kappa shape index (κ2) is 7.36. The van der Waals surface area contributed by atoms with Gasteiger partial charge >= 0.3 is 0 Å². The van der Waals surface area contributed by atoms with Gasteiger partial charge < -0.3 is 9.47 Å². The third-order valence-electron chi connectivity index (χ3n) is 7.75. The first-order valence-corrected chi connectivity index (χ1v) is 14.8. The fourth-order valence-corrected chi connectivity index (χ4v) is 11.1. The number of rotatable bonds is 4. The Morgan fingerprint density at radius 2 is 0.909 bits per heavy atom. The van der Waals surface area contributed by atoms with E-state index in [9.17, 15) is 0 Å². The van der Waals surface area contributed by atoms with Gasteiger partial charge in [-0.25, -0.2) is 0 Å². The Hall–Kier alpha value is -3.30. The molecule has 0 amide bonds. The number of benzene rings is 4. The molecule has 2 aliphatic carbocycles. The van der Waals surface area contributed by atoms with Crippen LogP contribution in [0.2, 0.25) is 13.1 Å². The lowest BCUT2D eigenvalue weighted by molar-refractivity contribution is 0.416.